The van der Waals surface area contributed by atoms with E-state index in [1.807, 2.05) is 30.0 Å². The summed E-state index contributed by atoms with van der Waals surface area (Å²) in [5.74, 6) is -0.303. The van der Waals surface area contributed by atoms with Crippen molar-refractivity contribution in [3.05, 3.63) is 58.9 Å². The lowest BCUT2D eigenvalue weighted by Crippen LogP contribution is -2.32. The van der Waals surface area contributed by atoms with Crippen molar-refractivity contribution in [1.82, 2.24) is 9.88 Å². The summed E-state index contributed by atoms with van der Waals surface area (Å²) in [6.45, 7) is 5.57. The molecule has 1 aromatic heterocycles. The van der Waals surface area contributed by atoms with Crippen molar-refractivity contribution in [2.75, 3.05) is 18.4 Å². The van der Waals surface area contributed by atoms with Gasteiger partial charge in [-0.2, -0.15) is 0 Å². The highest BCUT2D eigenvalue weighted by Gasteiger charge is 2.20. The Kier molecular flexibility index (Phi) is 6.22. The van der Waals surface area contributed by atoms with E-state index in [4.69, 9.17) is 0 Å². The predicted molar refractivity (Wildman–Crippen MR) is 107 cm³/mol. The molecule has 0 radical (unpaired) electrons. The molecule has 5 heteroatoms. The van der Waals surface area contributed by atoms with Crippen molar-refractivity contribution in [2.45, 2.75) is 46.0 Å². The number of amides is 2. The normalized spacial score (nSPS) is 14.5. The van der Waals surface area contributed by atoms with Gasteiger partial charge in [0.15, 0.2) is 0 Å². The Hall–Kier alpha value is -2.69. The Bertz CT molecular complexity index is 824. The number of pyridine rings is 1. The topological polar surface area (TPSA) is 62.3 Å². The number of nitrogens with one attached hydrogen (secondary N) is 1. The molecule has 1 N–H and O–H groups in total. The Balaban J connectivity index is 1.79. The molecule has 0 spiro atoms. The monoisotopic (exact) mass is 365 g/mol. The number of aryl methyl sites for hydroxylation is 2. The minimum absolute atomic E-state index is 0.0864. The van der Waals surface area contributed by atoms with Crippen LogP contribution in [0, 0.1) is 6.92 Å². The number of benzene rings is 1. The largest absolute Gasteiger partial charge is 0.337 e. The molecule has 142 valence electrons. The Morgan fingerprint density at radius 3 is 2.56 bits per heavy atom. The van der Waals surface area contributed by atoms with E-state index >= 15 is 0 Å². The summed E-state index contributed by atoms with van der Waals surface area (Å²) in [6, 6.07) is 9.25. The molecule has 0 saturated carbocycles. The predicted octanol–water partition coefficient (Wildman–Crippen LogP) is 4.22. The molecule has 0 unspecified atom stereocenters. The highest BCUT2D eigenvalue weighted by molar-refractivity contribution is 6.06. The van der Waals surface area contributed by atoms with Crippen molar-refractivity contribution in [1.29, 1.82) is 0 Å². The Morgan fingerprint density at radius 2 is 1.85 bits per heavy atom. The minimum Gasteiger partial charge on any atom is -0.337 e. The van der Waals surface area contributed by atoms with E-state index in [9.17, 15) is 9.59 Å². The third-order valence-electron chi connectivity index (χ3n) is 5.11. The number of hydrogen-bond acceptors (Lipinski definition) is 3. The molecule has 3 rings (SSSR count). The number of carbonyl (C=O) groups is 2. The van der Waals surface area contributed by atoms with Crippen LogP contribution in [0.15, 0.2) is 36.5 Å². The second kappa shape index (κ2) is 8.80. The second-order valence-electron chi connectivity index (χ2n) is 7.05. The number of aromatic nitrogens is 1. The van der Waals surface area contributed by atoms with Crippen LogP contribution in [0.25, 0.3) is 0 Å². The smallest absolute Gasteiger partial charge is 0.272 e. The summed E-state index contributed by atoms with van der Waals surface area (Å²) in [7, 11) is 0. The van der Waals surface area contributed by atoms with Crippen LogP contribution in [0.1, 0.15) is 64.6 Å². The lowest BCUT2D eigenvalue weighted by atomic mass is 10.1. The number of nitrogens with zero attached hydrogens (tertiary/aromatic N) is 2. The quantitative estimate of drug-likeness (QED) is 0.882. The SMILES string of the molecule is CCc1cccc(C)c1NC(=O)c1ccnc(C(=O)N2CCCCCC2)c1. The van der Waals surface area contributed by atoms with Gasteiger partial charge in [0.1, 0.15) is 5.69 Å². The first kappa shape index (κ1) is 19.1. The third-order valence-corrected chi connectivity index (χ3v) is 5.11. The van der Waals surface area contributed by atoms with Gasteiger partial charge in [-0.15, -0.1) is 0 Å². The first-order valence-corrected chi connectivity index (χ1v) is 9.75. The zero-order chi connectivity index (χ0) is 19.2. The molecule has 1 aliphatic rings. The van der Waals surface area contributed by atoms with E-state index in [1.165, 1.54) is 0 Å². The first-order valence-electron chi connectivity index (χ1n) is 9.75. The number of rotatable bonds is 4. The van der Waals surface area contributed by atoms with E-state index in [0.29, 0.717) is 11.3 Å². The molecule has 0 aliphatic carbocycles. The van der Waals surface area contributed by atoms with Gasteiger partial charge >= 0.3 is 0 Å². The van der Waals surface area contributed by atoms with Gasteiger partial charge in [0.05, 0.1) is 0 Å². The van der Waals surface area contributed by atoms with Crippen LogP contribution < -0.4 is 5.32 Å². The lowest BCUT2D eigenvalue weighted by Gasteiger charge is -2.20. The Morgan fingerprint density at radius 1 is 1.11 bits per heavy atom. The molecule has 1 aliphatic heterocycles. The number of para-hydroxylation sites is 1. The van der Waals surface area contributed by atoms with E-state index < -0.39 is 0 Å². The Labute approximate surface area is 160 Å². The van der Waals surface area contributed by atoms with Crippen molar-refractivity contribution in [2.24, 2.45) is 0 Å². The van der Waals surface area contributed by atoms with Gasteiger partial charge in [-0.05, 0) is 49.4 Å². The van der Waals surface area contributed by atoms with Gasteiger partial charge in [-0.3, -0.25) is 14.6 Å². The summed E-state index contributed by atoms with van der Waals surface area (Å²) >= 11 is 0. The van der Waals surface area contributed by atoms with Crippen LogP contribution >= 0.6 is 0 Å². The van der Waals surface area contributed by atoms with E-state index in [-0.39, 0.29) is 11.8 Å². The van der Waals surface area contributed by atoms with Crippen molar-refractivity contribution in [3.63, 3.8) is 0 Å². The van der Waals surface area contributed by atoms with Gasteiger partial charge in [0, 0.05) is 30.5 Å². The van der Waals surface area contributed by atoms with Crippen LogP contribution in [0.2, 0.25) is 0 Å². The van der Waals surface area contributed by atoms with E-state index in [0.717, 1.165) is 62.0 Å². The molecular weight excluding hydrogens is 338 g/mol. The molecule has 1 saturated heterocycles. The average molecular weight is 365 g/mol. The summed E-state index contributed by atoms with van der Waals surface area (Å²) in [4.78, 5) is 31.6. The number of anilines is 1. The molecule has 5 nitrogen and oxygen atoms in total. The molecule has 2 amide bonds. The molecule has 1 fully saturated rings. The van der Waals surface area contributed by atoms with Gasteiger partial charge in [-0.25, -0.2) is 0 Å². The number of carbonyl (C=O) groups excluding carboxylic acids is 2. The maximum absolute atomic E-state index is 12.8. The standard InChI is InChI=1S/C22H27N3O2/c1-3-17-10-8-9-16(2)20(17)24-21(26)18-11-12-23-19(15-18)22(27)25-13-6-4-5-7-14-25/h8-12,15H,3-7,13-14H2,1-2H3,(H,24,26). The fraction of sp³-hybridized carbons (Fsp3) is 0.409. The number of likely N-dealkylation sites (tertiary alicyclic amines) is 1. The summed E-state index contributed by atoms with van der Waals surface area (Å²) in [5.41, 5.74) is 3.76. The molecule has 27 heavy (non-hydrogen) atoms. The maximum Gasteiger partial charge on any atom is 0.272 e. The molecule has 0 bridgehead atoms. The van der Waals surface area contributed by atoms with Crippen molar-refractivity contribution in [3.8, 4) is 0 Å². The van der Waals surface area contributed by atoms with Crippen LogP contribution in [0.5, 0.6) is 0 Å². The fourth-order valence-electron chi connectivity index (χ4n) is 3.51. The minimum atomic E-state index is -0.216. The lowest BCUT2D eigenvalue weighted by molar-refractivity contribution is 0.0755. The molecule has 0 atom stereocenters. The number of hydrogen-bond donors (Lipinski definition) is 1. The molecule has 1 aromatic carbocycles. The van der Waals surface area contributed by atoms with Crippen molar-refractivity contribution >= 4 is 17.5 Å². The fourth-order valence-corrected chi connectivity index (χ4v) is 3.51. The van der Waals surface area contributed by atoms with Gasteiger partial charge in [0.25, 0.3) is 11.8 Å². The maximum atomic E-state index is 12.8. The van der Waals surface area contributed by atoms with Crippen molar-refractivity contribution < 1.29 is 9.59 Å². The average Bonchev–Trinajstić information content (AvgIpc) is 2.98. The molecular formula is C22H27N3O2. The zero-order valence-electron chi connectivity index (χ0n) is 16.1. The summed E-state index contributed by atoms with van der Waals surface area (Å²) < 4.78 is 0. The summed E-state index contributed by atoms with van der Waals surface area (Å²) in [5, 5.41) is 3.01. The van der Waals surface area contributed by atoms with E-state index in [2.05, 4.69) is 17.2 Å². The zero-order valence-corrected chi connectivity index (χ0v) is 16.1. The van der Waals surface area contributed by atoms with Crippen LogP contribution in [-0.4, -0.2) is 34.8 Å². The molecule has 2 aromatic rings. The van der Waals surface area contributed by atoms with Gasteiger partial charge < -0.3 is 10.2 Å². The third kappa shape index (κ3) is 4.54. The second-order valence-corrected chi connectivity index (χ2v) is 7.05. The van der Waals surface area contributed by atoms with Gasteiger partial charge in [0.2, 0.25) is 0 Å². The molecule has 2 heterocycles. The van der Waals surface area contributed by atoms with Crippen LogP contribution in [0.3, 0.4) is 0 Å². The highest BCUT2D eigenvalue weighted by Crippen LogP contribution is 2.22. The van der Waals surface area contributed by atoms with Crippen LogP contribution in [0.4, 0.5) is 5.69 Å². The highest BCUT2D eigenvalue weighted by atomic mass is 16.2. The van der Waals surface area contributed by atoms with Crippen LogP contribution in [-0.2, 0) is 6.42 Å². The summed E-state index contributed by atoms with van der Waals surface area (Å²) in [6.07, 6.45) is 6.76. The van der Waals surface area contributed by atoms with Gasteiger partial charge in [-0.1, -0.05) is 38.0 Å². The first-order chi connectivity index (χ1) is 13.1. The van der Waals surface area contributed by atoms with E-state index in [1.54, 1.807) is 18.3 Å².